The van der Waals surface area contributed by atoms with Gasteiger partial charge in [0.2, 0.25) is 5.82 Å². The van der Waals surface area contributed by atoms with Gasteiger partial charge in [-0.3, -0.25) is 10.1 Å². The molecule has 0 spiro atoms. The van der Waals surface area contributed by atoms with E-state index < -0.39 is 0 Å². The summed E-state index contributed by atoms with van der Waals surface area (Å²) in [4.78, 5) is 11.0. The van der Waals surface area contributed by atoms with Crippen LogP contribution in [0.15, 0.2) is 0 Å². The van der Waals surface area contributed by atoms with Crippen molar-refractivity contribution >= 4 is 11.5 Å². The monoisotopic (exact) mass is 282 g/mol. The summed E-state index contributed by atoms with van der Waals surface area (Å²) >= 11 is 0. The second kappa shape index (κ2) is 6.21. The van der Waals surface area contributed by atoms with Crippen molar-refractivity contribution in [3.05, 3.63) is 15.8 Å². The Balaban J connectivity index is 2.15. The van der Waals surface area contributed by atoms with E-state index in [2.05, 4.69) is 10.4 Å². The lowest BCUT2D eigenvalue weighted by Gasteiger charge is -2.22. The maximum Gasteiger partial charge on any atom is 0.334 e. The van der Waals surface area contributed by atoms with Gasteiger partial charge in [-0.15, -0.1) is 0 Å². The third kappa shape index (κ3) is 3.09. The van der Waals surface area contributed by atoms with E-state index in [1.54, 1.807) is 11.7 Å². The number of anilines is 1. The Bertz CT molecular complexity index is 478. The second-order valence-corrected chi connectivity index (χ2v) is 5.55. The summed E-state index contributed by atoms with van der Waals surface area (Å²) in [6.45, 7) is 6.10. The van der Waals surface area contributed by atoms with E-state index in [9.17, 15) is 10.1 Å². The Hall–Kier alpha value is -1.63. The highest BCUT2D eigenvalue weighted by molar-refractivity contribution is 5.60. The molecule has 20 heavy (non-hydrogen) atoms. The zero-order chi connectivity index (χ0) is 14.7. The summed E-state index contributed by atoms with van der Waals surface area (Å²) in [5, 5.41) is 18.8. The van der Waals surface area contributed by atoms with Crippen LogP contribution in [-0.2, 0) is 11.8 Å². The van der Waals surface area contributed by atoms with E-state index in [1.165, 1.54) is 0 Å². The molecule has 1 aromatic heterocycles. The molecular weight excluding hydrogens is 260 g/mol. The molecule has 7 heteroatoms. The number of nitrogens with zero attached hydrogens (tertiary/aromatic N) is 3. The topological polar surface area (TPSA) is 82.2 Å². The predicted octanol–water partition coefficient (Wildman–Crippen LogP) is 2.29. The van der Waals surface area contributed by atoms with Crippen LogP contribution in [0.25, 0.3) is 0 Å². The minimum absolute atomic E-state index is 0.0280. The van der Waals surface area contributed by atoms with Crippen LogP contribution in [-0.4, -0.2) is 34.5 Å². The molecule has 2 rings (SSSR count). The third-order valence-electron chi connectivity index (χ3n) is 3.68. The largest absolute Gasteiger partial charge is 0.381 e. The average molecular weight is 282 g/mol. The molecule has 7 nitrogen and oxygen atoms in total. The van der Waals surface area contributed by atoms with Crippen LogP contribution in [0.3, 0.4) is 0 Å². The molecular formula is C13H22N4O3. The van der Waals surface area contributed by atoms with Crippen LogP contribution in [0.1, 0.15) is 38.3 Å². The number of aromatic nitrogens is 2. The minimum atomic E-state index is -0.339. The molecule has 1 fully saturated rings. The van der Waals surface area contributed by atoms with Gasteiger partial charge in [0.1, 0.15) is 5.69 Å². The first kappa shape index (κ1) is 14.8. The fourth-order valence-corrected chi connectivity index (χ4v) is 2.49. The number of hydrogen-bond donors (Lipinski definition) is 1. The Kier molecular flexibility index (Phi) is 4.59. The Morgan fingerprint density at radius 2 is 2.15 bits per heavy atom. The van der Waals surface area contributed by atoms with Crippen molar-refractivity contribution in [3.8, 4) is 0 Å². The van der Waals surface area contributed by atoms with Crippen LogP contribution in [0.5, 0.6) is 0 Å². The van der Waals surface area contributed by atoms with E-state index in [0.717, 1.165) is 32.6 Å². The summed E-state index contributed by atoms with van der Waals surface area (Å²) in [7, 11) is 1.74. The van der Waals surface area contributed by atoms with Gasteiger partial charge in [-0.2, -0.15) is 5.10 Å². The minimum Gasteiger partial charge on any atom is -0.381 e. The van der Waals surface area contributed by atoms with Crippen molar-refractivity contribution in [2.24, 2.45) is 13.0 Å². The van der Waals surface area contributed by atoms with Gasteiger partial charge in [0.25, 0.3) is 0 Å². The zero-order valence-electron chi connectivity index (χ0n) is 12.3. The smallest absolute Gasteiger partial charge is 0.334 e. The SMILES string of the molecule is CC(C)c1nn(C)c(NCC2CCOCC2)c1[N+](=O)[O-]. The number of rotatable bonds is 5. The second-order valence-electron chi connectivity index (χ2n) is 5.55. The van der Waals surface area contributed by atoms with Crippen LogP contribution < -0.4 is 5.32 Å². The van der Waals surface area contributed by atoms with Crippen molar-refractivity contribution in [2.45, 2.75) is 32.6 Å². The van der Waals surface area contributed by atoms with Crippen molar-refractivity contribution in [1.29, 1.82) is 0 Å². The Labute approximate surface area is 118 Å². The normalized spacial score (nSPS) is 16.6. The lowest BCUT2D eigenvalue weighted by molar-refractivity contribution is -0.384. The number of nitrogens with one attached hydrogen (secondary N) is 1. The van der Waals surface area contributed by atoms with Gasteiger partial charge >= 0.3 is 5.69 Å². The maximum atomic E-state index is 11.3. The zero-order valence-corrected chi connectivity index (χ0v) is 12.3. The number of nitro groups is 1. The van der Waals surface area contributed by atoms with Crippen molar-refractivity contribution < 1.29 is 9.66 Å². The quantitative estimate of drug-likeness (QED) is 0.662. The standard InChI is InChI=1S/C13H22N4O3/c1-9(2)11-12(17(18)19)13(16(3)15-11)14-8-10-4-6-20-7-5-10/h9-10,14H,4-8H2,1-3H3. The van der Waals surface area contributed by atoms with Gasteiger partial charge in [0.15, 0.2) is 0 Å². The van der Waals surface area contributed by atoms with E-state index in [0.29, 0.717) is 17.4 Å². The van der Waals surface area contributed by atoms with Crippen molar-refractivity contribution in [1.82, 2.24) is 9.78 Å². The van der Waals surface area contributed by atoms with Gasteiger partial charge in [0.05, 0.1) is 4.92 Å². The van der Waals surface area contributed by atoms with Crippen LogP contribution in [0, 0.1) is 16.0 Å². The van der Waals surface area contributed by atoms with Crippen molar-refractivity contribution in [2.75, 3.05) is 25.1 Å². The molecule has 0 atom stereocenters. The predicted molar refractivity (Wildman–Crippen MR) is 76.0 cm³/mol. The highest BCUT2D eigenvalue weighted by atomic mass is 16.6. The molecule has 0 bridgehead atoms. The van der Waals surface area contributed by atoms with E-state index in [4.69, 9.17) is 4.74 Å². The lowest BCUT2D eigenvalue weighted by atomic mass is 10.0. The molecule has 0 saturated carbocycles. The van der Waals surface area contributed by atoms with E-state index in [-0.39, 0.29) is 16.5 Å². The van der Waals surface area contributed by atoms with Crippen LogP contribution >= 0.6 is 0 Å². The Morgan fingerprint density at radius 3 is 2.70 bits per heavy atom. The van der Waals surface area contributed by atoms with Gasteiger partial charge in [-0.05, 0) is 18.8 Å². The molecule has 0 aliphatic carbocycles. The van der Waals surface area contributed by atoms with Gasteiger partial charge in [-0.25, -0.2) is 4.68 Å². The molecule has 0 unspecified atom stereocenters. The summed E-state index contributed by atoms with van der Waals surface area (Å²) in [5.41, 5.74) is 0.640. The fraction of sp³-hybridized carbons (Fsp3) is 0.769. The molecule has 0 aromatic carbocycles. The first-order chi connectivity index (χ1) is 9.50. The van der Waals surface area contributed by atoms with E-state index >= 15 is 0 Å². The fourth-order valence-electron chi connectivity index (χ4n) is 2.49. The molecule has 0 radical (unpaired) electrons. The molecule has 1 aliphatic heterocycles. The first-order valence-electron chi connectivity index (χ1n) is 7.03. The molecule has 1 saturated heterocycles. The van der Waals surface area contributed by atoms with Gasteiger partial charge < -0.3 is 10.1 Å². The first-order valence-corrected chi connectivity index (χ1v) is 7.03. The molecule has 2 heterocycles. The van der Waals surface area contributed by atoms with Crippen LogP contribution in [0.2, 0.25) is 0 Å². The van der Waals surface area contributed by atoms with Gasteiger partial charge in [-0.1, -0.05) is 13.8 Å². The summed E-state index contributed by atoms with van der Waals surface area (Å²) in [6.07, 6.45) is 1.99. The highest BCUT2D eigenvalue weighted by Gasteiger charge is 2.28. The Morgan fingerprint density at radius 1 is 1.50 bits per heavy atom. The molecule has 0 amide bonds. The summed E-state index contributed by atoms with van der Waals surface area (Å²) < 4.78 is 6.90. The number of hydrogen-bond acceptors (Lipinski definition) is 5. The summed E-state index contributed by atoms with van der Waals surface area (Å²) in [6, 6.07) is 0. The highest BCUT2D eigenvalue weighted by Crippen LogP contribution is 2.33. The van der Waals surface area contributed by atoms with E-state index in [1.807, 2.05) is 13.8 Å². The van der Waals surface area contributed by atoms with Gasteiger partial charge in [0, 0.05) is 32.7 Å². The summed E-state index contributed by atoms with van der Waals surface area (Å²) in [5.74, 6) is 1.03. The maximum absolute atomic E-state index is 11.3. The van der Waals surface area contributed by atoms with Crippen LogP contribution in [0.4, 0.5) is 11.5 Å². The molecule has 112 valence electrons. The number of aryl methyl sites for hydroxylation is 1. The molecule has 1 aromatic rings. The molecule has 1 N–H and O–H groups in total. The third-order valence-corrected chi connectivity index (χ3v) is 3.68. The lowest BCUT2D eigenvalue weighted by Crippen LogP contribution is -2.23. The number of ether oxygens (including phenoxy) is 1. The average Bonchev–Trinajstić information content (AvgIpc) is 2.75. The molecule has 1 aliphatic rings. The van der Waals surface area contributed by atoms with Crippen molar-refractivity contribution in [3.63, 3.8) is 0 Å².